The van der Waals surface area contributed by atoms with Crippen LogP contribution in [0.15, 0.2) is 58.9 Å². The minimum absolute atomic E-state index is 0.504. The smallest absolute Gasteiger partial charge is 0.163 e. The molecule has 7 heteroatoms. The number of fused-ring (bicyclic) bond motifs is 1. The van der Waals surface area contributed by atoms with Gasteiger partial charge in [-0.25, -0.2) is 9.98 Å². The fraction of sp³-hybridized carbons (Fsp3) is 0.200. The van der Waals surface area contributed by atoms with E-state index in [0.29, 0.717) is 29.9 Å². The Balaban J connectivity index is 1.35. The van der Waals surface area contributed by atoms with E-state index in [1.807, 2.05) is 24.3 Å². The van der Waals surface area contributed by atoms with Crippen LogP contribution >= 0.6 is 23.1 Å². The molecule has 0 saturated heterocycles. The van der Waals surface area contributed by atoms with Crippen molar-refractivity contribution in [3.8, 4) is 11.5 Å². The van der Waals surface area contributed by atoms with Gasteiger partial charge >= 0.3 is 0 Å². The molecule has 3 aromatic rings. The highest BCUT2D eigenvalue weighted by Gasteiger charge is 2.12. The van der Waals surface area contributed by atoms with Gasteiger partial charge < -0.3 is 15.2 Å². The van der Waals surface area contributed by atoms with Crippen LogP contribution in [-0.4, -0.2) is 23.4 Å². The number of benzene rings is 2. The summed E-state index contributed by atoms with van der Waals surface area (Å²) in [7, 11) is 0. The summed E-state index contributed by atoms with van der Waals surface area (Å²) < 4.78 is 11.1. The Morgan fingerprint density at radius 2 is 1.93 bits per heavy atom. The highest BCUT2D eigenvalue weighted by molar-refractivity contribution is 8.13. The summed E-state index contributed by atoms with van der Waals surface area (Å²) in [5, 5.41) is 3.70. The van der Waals surface area contributed by atoms with E-state index in [0.717, 1.165) is 28.6 Å². The molecular formula is C20H19N3O2S2. The molecule has 0 spiro atoms. The van der Waals surface area contributed by atoms with Gasteiger partial charge in [0.25, 0.3) is 0 Å². The van der Waals surface area contributed by atoms with E-state index < -0.39 is 0 Å². The number of hydrogen-bond donors (Lipinski definition) is 1. The lowest BCUT2D eigenvalue weighted by atomic mass is 10.2. The molecule has 0 fully saturated rings. The zero-order valence-electron chi connectivity index (χ0n) is 14.6. The molecule has 0 atom stereocenters. The van der Waals surface area contributed by atoms with Gasteiger partial charge in [0.1, 0.15) is 13.2 Å². The molecule has 0 bridgehead atoms. The van der Waals surface area contributed by atoms with Crippen LogP contribution < -0.4 is 15.2 Å². The summed E-state index contributed by atoms with van der Waals surface area (Å²) in [6.45, 7) is 1.13. The molecule has 0 saturated carbocycles. The monoisotopic (exact) mass is 397 g/mol. The fourth-order valence-corrected chi connectivity index (χ4v) is 4.22. The van der Waals surface area contributed by atoms with E-state index in [2.05, 4.69) is 34.6 Å². The number of hydrogen-bond acceptors (Lipinski definition) is 6. The molecule has 2 aromatic carbocycles. The molecule has 0 amide bonds. The largest absolute Gasteiger partial charge is 0.486 e. The van der Waals surface area contributed by atoms with Gasteiger partial charge in [-0.3, -0.25) is 0 Å². The third-order valence-corrected chi connectivity index (χ3v) is 5.66. The Bertz CT molecular complexity index is 941. The second kappa shape index (κ2) is 8.45. The van der Waals surface area contributed by atoms with Crippen molar-refractivity contribution in [2.75, 3.05) is 13.2 Å². The summed E-state index contributed by atoms with van der Waals surface area (Å²) in [5.41, 5.74) is 9.13. The molecule has 0 unspecified atom stereocenters. The van der Waals surface area contributed by atoms with Gasteiger partial charge in [-0.05, 0) is 17.7 Å². The zero-order chi connectivity index (χ0) is 18.5. The quantitative estimate of drug-likeness (QED) is 0.511. The lowest BCUT2D eigenvalue weighted by molar-refractivity contribution is 0.171. The van der Waals surface area contributed by atoms with Crippen LogP contribution in [-0.2, 0) is 12.2 Å². The highest BCUT2D eigenvalue weighted by atomic mass is 32.2. The predicted octanol–water partition coefficient (Wildman–Crippen LogP) is 4.38. The van der Waals surface area contributed by atoms with E-state index in [4.69, 9.17) is 20.2 Å². The minimum atomic E-state index is 0.504. The summed E-state index contributed by atoms with van der Waals surface area (Å²) in [4.78, 5) is 9.15. The van der Waals surface area contributed by atoms with Gasteiger partial charge in [-0.1, -0.05) is 42.1 Å². The summed E-state index contributed by atoms with van der Waals surface area (Å²) in [6.07, 6.45) is 0.858. The minimum Gasteiger partial charge on any atom is -0.486 e. The van der Waals surface area contributed by atoms with E-state index in [1.54, 1.807) is 11.3 Å². The van der Waals surface area contributed by atoms with Crippen molar-refractivity contribution < 1.29 is 9.47 Å². The number of aromatic nitrogens is 1. The van der Waals surface area contributed by atoms with E-state index in [-0.39, 0.29) is 0 Å². The van der Waals surface area contributed by atoms with Crippen LogP contribution in [0.2, 0.25) is 0 Å². The van der Waals surface area contributed by atoms with E-state index in [1.165, 1.54) is 17.3 Å². The van der Waals surface area contributed by atoms with Gasteiger partial charge in [0.05, 0.1) is 16.4 Å². The molecule has 5 nitrogen and oxygen atoms in total. The van der Waals surface area contributed by atoms with Crippen molar-refractivity contribution in [3.63, 3.8) is 0 Å². The third-order valence-electron chi connectivity index (χ3n) is 3.93. The molecule has 27 heavy (non-hydrogen) atoms. The normalized spacial score (nSPS) is 13.6. The molecule has 138 valence electrons. The second-order valence-electron chi connectivity index (χ2n) is 5.96. The van der Waals surface area contributed by atoms with Crippen LogP contribution in [0.1, 0.15) is 16.3 Å². The maximum Gasteiger partial charge on any atom is 0.163 e. The SMILES string of the molecule is NC(=Nc1ccc2c(c1)OCCO2)SCc1csc(Cc2ccccc2)n1. The van der Waals surface area contributed by atoms with Gasteiger partial charge in [0, 0.05) is 23.6 Å². The standard InChI is InChI=1S/C20H19N3O2S2/c21-20(23-15-6-7-17-18(11-15)25-9-8-24-17)27-13-16-12-26-19(22-16)10-14-4-2-1-3-5-14/h1-7,11-12H,8-10,13H2,(H2,21,23). The Hall–Kier alpha value is -2.51. The molecule has 2 heterocycles. The molecule has 0 radical (unpaired) electrons. The van der Waals surface area contributed by atoms with Gasteiger partial charge in [0.2, 0.25) is 0 Å². The predicted molar refractivity (Wildman–Crippen MR) is 111 cm³/mol. The number of amidine groups is 1. The first-order valence-electron chi connectivity index (χ1n) is 8.60. The van der Waals surface area contributed by atoms with Crippen molar-refractivity contribution in [3.05, 3.63) is 70.2 Å². The molecule has 4 rings (SSSR count). The summed E-state index contributed by atoms with van der Waals surface area (Å²) >= 11 is 3.16. The third kappa shape index (κ3) is 4.81. The van der Waals surface area contributed by atoms with Crippen LogP contribution in [0, 0.1) is 0 Å². The molecule has 1 aromatic heterocycles. The van der Waals surface area contributed by atoms with Crippen LogP contribution in [0.3, 0.4) is 0 Å². The van der Waals surface area contributed by atoms with E-state index in [9.17, 15) is 0 Å². The molecular weight excluding hydrogens is 378 g/mol. The number of rotatable bonds is 5. The zero-order valence-corrected chi connectivity index (χ0v) is 16.3. The van der Waals surface area contributed by atoms with Crippen molar-refractivity contribution in [1.82, 2.24) is 4.98 Å². The number of aliphatic imine (C=N–C) groups is 1. The van der Waals surface area contributed by atoms with Gasteiger partial charge in [0.15, 0.2) is 16.7 Å². The Morgan fingerprint density at radius 1 is 1.11 bits per heavy atom. The van der Waals surface area contributed by atoms with Gasteiger partial charge in [-0.15, -0.1) is 11.3 Å². The average Bonchev–Trinajstić information content (AvgIpc) is 3.14. The number of ether oxygens (including phenoxy) is 2. The van der Waals surface area contributed by atoms with Crippen LogP contribution in [0.4, 0.5) is 5.69 Å². The van der Waals surface area contributed by atoms with Gasteiger partial charge in [-0.2, -0.15) is 0 Å². The van der Waals surface area contributed by atoms with Crippen LogP contribution in [0.5, 0.6) is 11.5 Å². The number of thioether (sulfide) groups is 1. The lowest BCUT2D eigenvalue weighted by Gasteiger charge is -2.18. The number of thiazole rings is 1. The molecule has 0 aliphatic carbocycles. The first-order chi connectivity index (χ1) is 13.3. The average molecular weight is 398 g/mol. The lowest BCUT2D eigenvalue weighted by Crippen LogP contribution is -2.15. The first kappa shape index (κ1) is 17.9. The topological polar surface area (TPSA) is 69.7 Å². The molecule has 1 aliphatic rings. The Kier molecular flexibility index (Phi) is 5.60. The maximum absolute atomic E-state index is 6.08. The summed E-state index contributed by atoms with van der Waals surface area (Å²) in [6, 6.07) is 16.0. The number of nitrogens with two attached hydrogens (primary N) is 1. The second-order valence-corrected chi connectivity index (χ2v) is 7.90. The Morgan fingerprint density at radius 3 is 2.78 bits per heavy atom. The van der Waals surface area contributed by atoms with Crippen molar-refractivity contribution >= 4 is 34.0 Å². The van der Waals surface area contributed by atoms with Crippen molar-refractivity contribution in [2.24, 2.45) is 10.7 Å². The molecule has 1 aliphatic heterocycles. The summed E-state index contributed by atoms with van der Waals surface area (Å²) in [5.74, 6) is 2.16. The molecule has 2 N–H and O–H groups in total. The Labute approximate surface area is 166 Å². The van der Waals surface area contributed by atoms with Crippen molar-refractivity contribution in [1.29, 1.82) is 0 Å². The first-order valence-corrected chi connectivity index (χ1v) is 10.5. The van der Waals surface area contributed by atoms with E-state index >= 15 is 0 Å². The fourth-order valence-electron chi connectivity index (χ4n) is 2.68. The van der Waals surface area contributed by atoms with Crippen LogP contribution in [0.25, 0.3) is 0 Å². The number of nitrogens with zero attached hydrogens (tertiary/aromatic N) is 2. The van der Waals surface area contributed by atoms with Crippen molar-refractivity contribution in [2.45, 2.75) is 12.2 Å². The maximum atomic E-state index is 6.08. The highest BCUT2D eigenvalue weighted by Crippen LogP contribution is 2.34.